The van der Waals surface area contributed by atoms with Crippen molar-refractivity contribution in [3.63, 3.8) is 0 Å². The Balaban J connectivity index is 4.09. The molecule has 0 fully saturated rings. The van der Waals surface area contributed by atoms with E-state index < -0.39 is 0 Å². The molecule has 0 bridgehead atoms. The molecule has 0 aromatic heterocycles. The Labute approximate surface area is 92.9 Å². The quantitative estimate of drug-likeness (QED) is 0.713. The van der Waals surface area contributed by atoms with Gasteiger partial charge in [0.2, 0.25) is 0 Å². The van der Waals surface area contributed by atoms with Gasteiger partial charge in [0.05, 0.1) is 0 Å². The third kappa shape index (κ3) is 4.80. The first kappa shape index (κ1) is 13.7. The lowest BCUT2D eigenvalue weighted by Crippen LogP contribution is -2.25. The summed E-state index contributed by atoms with van der Waals surface area (Å²) in [5, 5.41) is 6.24. The van der Waals surface area contributed by atoms with E-state index in [0.29, 0.717) is 10.7 Å². The van der Waals surface area contributed by atoms with Gasteiger partial charge in [-0.2, -0.15) is 0 Å². The van der Waals surface area contributed by atoms with Gasteiger partial charge < -0.3 is 10.6 Å². The summed E-state index contributed by atoms with van der Waals surface area (Å²) in [6.45, 7) is 9.14. The van der Waals surface area contributed by atoms with Crippen LogP contribution in [0.25, 0.3) is 0 Å². The molecule has 0 unspecified atom stereocenters. The molecule has 0 rings (SSSR count). The molecule has 0 amide bonds. The van der Waals surface area contributed by atoms with Crippen LogP contribution in [0.15, 0.2) is 11.9 Å². The van der Waals surface area contributed by atoms with Crippen molar-refractivity contribution in [3.05, 3.63) is 11.9 Å². The second kappa shape index (κ2) is 6.23. The number of hydrogen-bond donors (Lipinski definition) is 2. The van der Waals surface area contributed by atoms with Crippen LogP contribution < -0.4 is 10.6 Å². The monoisotopic (exact) mass is 216 g/mol. The van der Waals surface area contributed by atoms with Crippen LogP contribution >= 0.6 is 11.8 Å². The van der Waals surface area contributed by atoms with E-state index in [1.807, 2.05) is 32.1 Å². The van der Waals surface area contributed by atoms with Gasteiger partial charge in [-0.25, -0.2) is 0 Å². The Hall–Kier alpha value is -0.310. The molecule has 84 valence electrons. The maximum Gasteiger partial charge on any atom is 0.0364 e. The van der Waals surface area contributed by atoms with Gasteiger partial charge in [-0.05, 0) is 5.92 Å². The molecule has 0 heterocycles. The van der Waals surface area contributed by atoms with Crippen molar-refractivity contribution in [3.8, 4) is 0 Å². The van der Waals surface area contributed by atoms with Crippen LogP contribution in [-0.4, -0.2) is 24.6 Å². The van der Waals surface area contributed by atoms with Crippen molar-refractivity contribution in [1.82, 2.24) is 10.6 Å². The number of hydrogen-bond acceptors (Lipinski definition) is 3. The zero-order valence-corrected chi connectivity index (χ0v) is 11.1. The van der Waals surface area contributed by atoms with Crippen molar-refractivity contribution in [2.24, 2.45) is 5.92 Å². The maximum absolute atomic E-state index is 3.19. The largest absolute Gasteiger partial charge is 0.393 e. The molecule has 0 aromatic rings. The van der Waals surface area contributed by atoms with E-state index in [9.17, 15) is 0 Å². The van der Waals surface area contributed by atoms with Crippen molar-refractivity contribution in [2.75, 3.05) is 19.8 Å². The average Bonchev–Trinajstić information content (AvgIpc) is 2.12. The fraction of sp³-hybridized carbons (Fsp3) is 0.818. The van der Waals surface area contributed by atoms with Crippen molar-refractivity contribution in [1.29, 1.82) is 0 Å². The Morgan fingerprint density at radius 3 is 2.29 bits per heavy atom. The lowest BCUT2D eigenvalue weighted by atomic mass is 10.00. The van der Waals surface area contributed by atoms with E-state index in [1.54, 1.807) is 0 Å². The van der Waals surface area contributed by atoms with Gasteiger partial charge in [-0.15, -0.1) is 11.8 Å². The normalized spacial score (nSPS) is 13.2. The molecule has 14 heavy (non-hydrogen) atoms. The van der Waals surface area contributed by atoms with E-state index >= 15 is 0 Å². The summed E-state index contributed by atoms with van der Waals surface area (Å²) in [6, 6.07) is 0. The molecular formula is C11H24N2S. The Kier molecular flexibility index (Phi) is 6.09. The third-order valence-electron chi connectivity index (χ3n) is 2.63. The lowest BCUT2D eigenvalue weighted by molar-refractivity contribution is 0.504. The van der Waals surface area contributed by atoms with Crippen LogP contribution in [-0.2, 0) is 0 Å². The summed E-state index contributed by atoms with van der Waals surface area (Å²) in [6.07, 6.45) is 2.02. The summed E-state index contributed by atoms with van der Waals surface area (Å²) < 4.78 is 0.337. The molecule has 0 aromatic carbocycles. The summed E-state index contributed by atoms with van der Waals surface area (Å²) in [5.74, 6) is 1.72. The van der Waals surface area contributed by atoms with E-state index in [4.69, 9.17) is 0 Å². The van der Waals surface area contributed by atoms with Crippen molar-refractivity contribution >= 4 is 11.8 Å². The van der Waals surface area contributed by atoms with Gasteiger partial charge in [0, 0.05) is 36.5 Å². The van der Waals surface area contributed by atoms with Crippen LogP contribution in [0.3, 0.4) is 0 Å². The fourth-order valence-corrected chi connectivity index (χ4v) is 1.88. The van der Waals surface area contributed by atoms with E-state index in [-0.39, 0.29) is 0 Å². The van der Waals surface area contributed by atoms with Gasteiger partial charge in [0.1, 0.15) is 0 Å². The molecule has 0 atom stereocenters. The Morgan fingerprint density at radius 1 is 1.36 bits per heavy atom. The van der Waals surface area contributed by atoms with Crippen LogP contribution in [0, 0.1) is 5.92 Å². The van der Waals surface area contributed by atoms with Crippen LogP contribution in [0.4, 0.5) is 0 Å². The van der Waals surface area contributed by atoms with Crippen LogP contribution in [0.5, 0.6) is 0 Å². The van der Waals surface area contributed by atoms with E-state index in [0.717, 1.165) is 5.75 Å². The lowest BCUT2D eigenvalue weighted by Gasteiger charge is -2.29. The summed E-state index contributed by atoms with van der Waals surface area (Å²) in [5.41, 5.74) is 1.24. The van der Waals surface area contributed by atoms with Gasteiger partial charge in [0.25, 0.3) is 0 Å². The topological polar surface area (TPSA) is 24.1 Å². The molecular weight excluding hydrogens is 192 g/mol. The Bertz CT molecular complexity index is 186. The highest BCUT2D eigenvalue weighted by atomic mass is 32.2. The van der Waals surface area contributed by atoms with Gasteiger partial charge in [0.15, 0.2) is 0 Å². The average molecular weight is 216 g/mol. The SMILES string of the molecule is CN/C=C(/CSC(C)(C)C(C)C)NC. The minimum Gasteiger partial charge on any atom is -0.393 e. The van der Waals surface area contributed by atoms with Gasteiger partial charge >= 0.3 is 0 Å². The number of thioether (sulfide) groups is 1. The maximum atomic E-state index is 3.19. The summed E-state index contributed by atoms with van der Waals surface area (Å²) >= 11 is 1.99. The predicted octanol–water partition coefficient (Wildman–Crippen LogP) is 2.43. The minimum absolute atomic E-state index is 0.337. The van der Waals surface area contributed by atoms with Crippen molar-refractivity contribution in [2.45, 2.75) is 32.4 Å². The zero-order chi connectivity index (χ0) is 11.2. The first-order valence-electron chi connectivity index (χ1n) is 5.12. The Morgan fingerprint density at radius 2 is 1.93 bits per heavy atom. The predicted molar refractivity (Wildman–Crippen MR) is 67.6 cm³/mol. The number of rotatable bonds is 6. The first-order chi connectivity index (χ1) is 6.44. The van der Waals surface area contributed by atoms with E-state index in [2.05, 4.69) is 38.3 Å². The van der Waals surface area contributed by atoms with Crippen LogP contribution in [0.1, 0.15) is 27.7 Å². The zero-order valence-electron chi connectivity index (χ0n) is 10.3. The second-order valence-electron chi connectivity index (χ2n) is 4.26. The molecule has 0 saturated heterocycles. The number of nitrogens with one attached hydrogen (secondary N) is 2. The second-order valence-corrected chi connectivity index (χ2v) is 5.88. The van der Waals surface area contributed by atoms with E-state index in [1.165, 1.54) is 5.70 Å². The molecule has 0 radical (unpaired) electrons. The summed E-state index contributed by atoms with van der Waals surface area (Å²) in [4.78, 5) is 0. The third-order valence-corrected chi connectivity index (χ3v) is 4.30. The molecule has 2 nitrogen and oxygen atoms in total. The molecule has 3 heteroatoms. The van der Waals surface area contributed by atoms with Gasteiger partial charge in [-0.3, -0.25) is 0 Å². The molecule has 0 saturated carbocycles. The standard InChI is InChI=1S/C11H24N2S/c1-9(2)11(3,4)14-8-10(13-6)7-12-5/h7,9,12-13H,8H2,1-6H3/b10-7-. The van der Waals surface area contributed by atoms with Crippen molar-refractivity contribution < 1.29 is 0 Å². The van der Waals surface area contributed by atoms with Gasteiger partial charge in [-0.1, -0.05) is 27.7 Å². The minimum atomic E-state index is 0.337. The molecule has 0 spiro atoms. The highest BCUT2D eigenvalue weighted by molar-refractivity contribution is 8.00. The highest BCUT2D eigenvalue weighted by Crippen LogP contribution is 2.32. The highest BCUT2D eigenvalue weighted by Gasteiger charge is 2.22. The fourth-order valence-electron chi connectivity index (χ4n) is 0.791. The summed E-state index contributed by atoms with van der Waals surface area (Å²) in [7, 11) is 3.89. The first-order valence-corrected chi connectivity index (χ1v) is 6.10. The smallest absolute Gasteiger partial charge is 0.0364 e. The molecule has 0 aliphatic heterocycles. The molecule has 0 aliphatic rings. The molecule has 0 aliphatic carbocycles. The van der Waals surface area contributed by atoms with Crippen LogP contribution in [0.2, 0.25) is 0 Å². The molecule has 2 N–H and O–H groups in total.